The molecule has 0 unspecified atom stereocenters. The molecule has 0 fully saturated rings. The highest BCUT2D eigenvalue weighted by atomic mass is 16.5. The molecule has 0 aliphatic rings. The van der Waals surface area contributed by atoms with Crippen LogP contribution in [-0.2, 0) is 6.54 Å². The molecule has 1 aromatic rings. The van der Waals surface area contributed by atoms with Crippen LogP contribution < -0.4 is 10.1 Å². The van der Waals surface area contributed by atoms with Gasteiger partial charge in [0.15, 0.2) is 0 Å². The van der Waals surface area contributed by atoms with E-state index in [0.717, 1.165) is 32.0 Å². The summed E-state index contributed by atoms with van der Waals surface area (Å²) in [4.78, 5) is 2.39. The second-order valence-corrected chi connectivity index (χ2v) is 5.22. The number of hydrogen-bond acceptors (Lipinski definition) is 3. The number of likely N-dealkylation sites (N-methyl/N-ethyl adjacent to an activating group) is 1. The molecule has 0 aliphatic carbocycles. The van der Waals surface area contributed by atoms with Gasteiger partial charge >= 0.3 is 0 Å². The lowest BCUT2D eigenvalue weighted by Gasteiger charge is -2.25. The summed E-state index contributed by atoms with van der Waals surface area (Å²) in [5.74, 6) is 0.961. The van der Waals surface area contributed by atoms with Crippen molar-refractivity contribution in [1.82, 2.24) is 10.2 Å². The normalized spacial score (nSPS) is 11.3. The SMILES string of the molecule is CCNCc1ccc(OCCN(C)C(CC)CC)cc1. The number of rotatable bonds is 10. The third-order valence-electron chi connectivity index (χ3n) is 3.78. The van der Waals surface area contributed by atoms with E-state index in [-0.39, 0.29) is 0 Å². The molecule has 114 valence electrons. The molecular formula is C17H30N2O. The van der Waals surface area contributed by atoms with Crippen LogP contribution in [0.2, 0.25) is 0 Å². The average Bonchev–Trinajstić information content (AvgIpc) is 2.47. The molecule has 0 atom stereocenters. The summed E-state index contributed by atoms with van der Waals surface area (Å²) in [6.07, 6.45) is 2.40. The molecule has 0 heterocycles. The van der Waals surface area contributed by atoms with Crippen molar-refractivity contribution in [1.29, 1.82) is 0 Å². The van der Waals surface area contributed by atoms with Gasteiger partial charge in [-0.3, -0.25) is 0 Å². The molecule has 0 radical (unpaired) electrons. The van der Waals surface area contributed by atoms with E-state index in [4.69, 9.17) is 4.74 Å². The standard InChI is InChI=1S/C17H30N2O/c1-5-16(6-2)19(4)12-13-20-17-10-8-15(9-11-17)14-18-7-3/h8-11,16,18H,5-7,12-14H2,1-4H3. The van der Waals surface area contributed by atoms with Crippen LogP contribution in [0.4, 0.5) is 0 Å². The second-order valence-electron chi connectivity index (χ2n) is 5.22. The Morgan fingerprint density at radius 1 is 1.10 bits per heavy atom. The smallest absolute Gasteiger partial charge is 0.119 e. The molecular weight excluding hydrogens is 248 g/mol. The quantitative estimate of drug-likeness (QED) is 0.711. The third kappa shape index (κ3) is 5.93. The fourth-order valence-corrected chi connectivity index (χ4v) is 2.37. The molecule has 1 rings (SSSR count). The van der Waals surface area contributed by atoms with Gasteiger partial charge in [0.1, 0.15) is 12.4 Å². The lowest BCUT2D eigenvalue weighted by atomic mass is 10.1. The maximum absolute atomic E-state index is 5.81. The summed E-state index contributed by atoms with van der Waals surface area (Å²) < 4.78 is 5.81. The fraction of sp³-hybridized carbons (Fsp3) is 0.647. The Morgan fingerprint density at radius 2 is 1.75 bits per heavy atom. The van der Waals surface area contributed by atoms with E-state index in [0.29, 0.717) is 6.04 Å². The Kier molecular flexibility index (Phi) is 8.31. The van der Waals surface area contributed by atoms with Crippen LogP contribution in [0.5, 0.6) is 5.75 Å². The zero-order valence-electron chi connectivity index (χ0n) is 13.5. The van der Waals surface area contributed by atoms with Gasteiger partial charge < -0.3 is 15.0 Å². The Hall–Kier alpha value is -1.06. The highest BCUT2D eigenvalue weighted by Gasteiger charge is 2.09. The van der Waals surface area contributed by atoms with Crippen LogP contribution in [0.15, 0.2) is 24.3 Å². The first kappa shape index (κ1) is 17.0. The molecule has 3 nitrogen and oxygen atoms in total. The van der Waals surface area contributed by atoms with Gasteiger partial charge in [-0.2, -0.15) is 0 Å². The van der Waals surface area contributed by atoms with Gasteiger partial charge in [-0.25, -0.2) is 0 Å². The highest BCUT2D eigenvalue weighted by molar-refractivity contribution is 5.27. The maximum Gasteiger partial charge on any atom is 0.119 e. The molecule has 3 heteroatoms. The summed E-state index contributed by atoms with van der Waals surface area (Å²) in [6.45, 7) is 10.3. The minimum Gasteiger partial charge on any atom is -0.492 e. The predicted octanol–water partition coefficient (Wildman–Crippen LogP) is 3.30. The van der Waals surface area contributed by atoms with Crippen molar-refractivity contribution < 1.29 is 4.74 Å². The number of benzene rings is 1. The summed E-state index contributed by atoms with van der Waals surface area (Å²) in [5.41, 5.74) is 1.30. The number of nitrogens with one attached hydrogen (secondary N) is 1. The molecule has 0 aliphatic heterocycles. The minimum atomic E-state index is 0.668. The molecule has 20 heavy (non-hydrogen) atoms. The second kappa shape index (κ2) is 9.78. The van der Waals surface area contributed by atoms with E-state index in [1.807, 2.05) is 0 Å². The topological polar surface area (TPSA) is 24.5 Å². The monoisotopic (exact) mass is 278 g/mol. The van der Waals surface area contributed by atoms with Gasteiger partial charge in [0.05, 0.1) is 0 Å². The lowest BCUT2D eigenvalue weighted by Crippen LogP contribution is -2.33. The highest BCUT2D eigenvalue weighted by Crippen LogP contribution is 2.12. The van der Waals surface area contributed by atoms with Gasteiger partial charge in [-0.05, 0) is 44.1 Å². The van der Waals surface area contributed by atoms with Crippen LogP contribution in [0, 0.1) is 0 Å². The van der Waals surface area contributed by atoms with Crippen LogP contribution in [0.1, 0.15) is 39.2 Å². The van der Waals surface area contributed by atoms with Crippen molar-refractivity contribution >= 4 is 0 Å². The van der Waals surface area contributed by atoms with Crippen LogP contribution in [0.3, 0.4) is 0 Å². The Bertz CT molecular complexity index is 347. The van der Waals surface area contributed by atoms with Gasteiger partial charge in [0, 0.05) is 19.1 Å². The number of hydrogen-bond donors (Lipinski definition) is 1. The van der Waals surface area contributed by atoms with Crippen LogP contribution >= 0.6 is 0 Å². The molecule has 0 aromatic heterocycles. The van der Waals surface area contributed by atoms with E-state index in [1.54, 1.807) is 0 Å². The van der Waals surface area contributed by atoms with E-state index < -0.39 is 0 Å². The van der Waals surface area contributed by atoms with Crippen LogP contribution in [0.25, 0.3) is 0 Å². The number of ether oxygens (including phenoxy) is 1. The maximum atomic E-state index is 5.81. The van der Waals surface area contributed by atoms with Crippen molar-refractivity contribution in [3.63, 3.8) is 0 Å². The summed E-state index contributed by atoms with van der Waals surface area (Å²) in [5, 5.41) is 3.32. The average molecular weight is 278 g/mol. The Balaban J connectivity index is 2.31. The minimum absolute atomic E-state index is 0.668. The van der Waals surface area contributed by atoms with Gasteiger partial charge in [-0.1, -0.05) is 32.9 Å². The zero-order valence-corrected chi connectivity index (χ0v) is 13.5. The first-order chi connectivity index (χ1) is 9.71. The zero-order chi connectivity index (χ0) is 14.8. The molecule has 1 N–H and O–H groups in total. The van der Waals surface area contributed by atoms with E-state index >= 15 is 0 Å². The summed E-state index contributed by atoms with van der Waals surface area (Å²) >= 11 is 0. The first-order valence-electron chi connectivity index (χ1n) is 7.83. The molecule has 0 saturated heterocycles. The van der Waals surface area contributed by atoms with E-state index in [9.17, 15) is 0 Å². The van der Waals surface area contributed by atoms with Crippen molar-refractivity contribution in [2.75, 3.05) is 26.7 Å². The summed E-state index contributed by atoms with van der Waals surface area (Å²) in [6, 6.07) is 9.04. The molecule has 0 saturated carbocycles. The molecule has 1 aromatic carbocycles. The third-order valence-corrected chi connectivity index (χ3v) is 3.78. The Labute approximate surface area is 124 Å². The molecule has 0 bridgehead atoms. The van der Waals surface area contributed by atoms with Gasteiger partial charge in [0.2, 0.25) is 0 Å². The van der Waals surface area contributed by atoms with Gasteiger partial charge in [-0.15, -0.1) is 0 Å². The van der Waals surface area contributed by atoms with Crippen molar-refractivity contribution in [3.8, 4) is 5.75 Å². The molecule has 0 amide bonds. The van der Waals surface area contributed by atoms with Crippen molar-refractivity contribution in [2.45, 2.75) is 46.2 Å². The summed E-state index contributed by atoms with van der Waals surface area (Å²) in [7, 11) is 2.18. The fourth-order valence-electron chi connectivity index (χ4n) is 2.37. The first-order valence-corrected chi connectivity index (χ1v) is 7.83. The lowest BCUT2D eigenvalue weighted by molar-refractivity contribution is 0.183. The Morgan fingerprint density at radius 3 is 2.30 bits per heavy atom. The largest absolute Gasteiger partial charge is 0.492 e. The van der Waals surface area contributed by atoms with E-state index in [1.165, 1.54) is 18.4 Å². The van der Waals surface area contributed by atoms with Crippen molar-refractivity contribution in [2.24, 2.45) is 0 Å². The molecule has 0 spiro atoms. The predicted molar refractivity (Wildman–Crippen MR) is 86.3 cm³/mol. The van der Waals surface area contributed by atoms with E-state index in [2.05, 4.69) is 62.3 Å². The van der Waals surface area contributed by atoms with Gasteiger partial charge in [0.25, 0.3) is 0 Å². The van der Waals surface area contributed by atoms with Crippen molar-refractivity contribution in [3.05, 3.63) is 29.8 Å². The number of nitrogens with zero attached hydrogens (tertiary/aromatic N) is 1. The van der Waals surface area contributed by atoms with Crippen LogP contribution in [-0.4, -0.2) is 37.7 Å².